The first kappa shape index (κ1) is 18.2. The monoisotopic (exact) mass is 381 g/mol. The number of benzene rings is 1. The van der Waals surface area contributed by atoms with Gasteiger partial charge in [0.15, 0.2) is 0 Å². The van der Waals surface area contributed by atoms with Crippen LogP contribution in [-0.4, -0.2) is 74.4 Å². The molecule has 1 atom stereocenters. The molecule has 0 spiro atoms. The van der Waals surface area contributed by atoms with E-state index in [1.54, 1.807) is 38.7 Å². The van der Waals surface area contributed by atoms with Gasteiger partial charge in [0, 0.05) is 39.4 Å². The van der Waals surface area contributed by atoms with Crippen LogP contribution in [0.15, 0.2) is 42.6 Å². The molecule has 8 heteroatoms. The Morgan fingerprint density at radius 1 is 1.11 bits per heavy atom. The van der Waals surface area contributed by atoms with Crippen molar-refractivity contribution < 1.29 is 14.4 Å². The van der Waals surface area contributed by atoms with E-state index in [4.69, 9.17) is 0 Å². The summed E-state index contributed by atoms with van der Waals surface area (Å²) in [6.07, 6.45) is 2.16. The van der Waals surface area contributed by atoms with E-state index >= 15 is 0 Å². The molecule has 3 amide bonds. The lowest BCUT2D eigenvalue weighted by Gasteiger charge is -2.39. The molecule has 0 aliphatic carbocycles. The van der Waals surface area contributed by atoms with E-state index in [2.05, 4.69) is 5.10 Å². The molecule has 2 aliphatic heterocycles. The van der Waals surface area contributed by atoms with Crippen molar-refractivity contribution in [1.29, 1.82) is 0 Å². The molecule has 146 valence electrons. The van der Waals surface area contributed by atoms with Crippen LogP contribution >= 0.6 is 0 Å². The molecule has 1 aromatic heterocycles. The van der Waals surface area contributed by atoms with Crippen LogP contribution in [0.3, 0.4) is 0 Å². The average Bonchev–Trinajstić information content (AvgIpc) is 3.00. The van der Waals surface area contributed by atoms with Crippen LogP contribution < -0.4 is 0 Å². The van der Waals surface area contributed by atoms with E-state index in [1.807, 2.05) is 30.3 Å². The summed E-state index contributed by atoms with van der Waals surface area (Å²) in [6.45, 7) is 1.70. The Kier molecular flexibility index (Phi) is 4.85. The lowest BCUT2D eigenvalue weighted by Crippen LogP contribution is -2.59. The van der Waals surface area contributed by atoms with Gasteiger partial charge in [-0.3, -0.25) is 19.1 Å². The number of amides is 3. The minimum absolute atomic E-state index is 0.0458. The maximum absolute atomic E-state index is 13.0. The van der Waals surface area contributed by atoms with Crippen molar-refractivity contribution in [3.8, 4) is 0 Å². The van der Waals surface area contributed by atoms with Crippen LogP contribution in [0, 0.1) is 0 Å². The van der Waals surface area contributed by atoms with Gasteiger partial charge < -0.3 is 14.7 Å². The Morgan fingerprint density at radius 2 is 1.89 bits per heavy atom. The summed E-state index contributed by atoms with van der Waals surface area (Å²) in [5.74, 6) is -0.273. The number of fused-ring (bicyclic) bond motifs is 1. The minimum Gasteiger partial charge on any atom is -0.335 e. The van der Waals surface area contributed by atoms with Crippen LogP contribution in [0.5, 0.6) is 0 Å². The summed E-state index contributed by atoms with van der Waals surface area (Å²) in [6, 6.07) is 10.8. The third-order valence-corrected chi connectivity index (χ3v) is 5.34. The van der Waals surface area contributed by atoms with Crippen molar-refractivity contribution in [3.63, 3.8) is 0 Å². The van der Waals surface area contributed by atoms with Crippen molar-refractivity contribution in [2.75, 3.05) is 26.2 Å². The second-order valence-electron chi connectivity index (χ2n) is 7.24. The van der Waals surface area contributed by atoms with E-state index in [0.717, 1.165) is 5.56 Å². The highest BCUT2D eigenvalue weighted by atomic mass is 16.2. The molecule has 0 bridgehead atoms. The molecule has 0 radical (unpaired) electrons. The SMILES string of the molecule is Cn1ccc(C(=O)N2CCC3C(=O)N(Cc4ccccc4)CC(=O)N3CC2)n1. The van der Waals surface area contributed by atoms with Crippen LogP contribution in [0.1, 0.15) is 22.5 Å². The molecule has 3 heterocycles. The van der Waals surface area contributed by atoms with Gasteiger partial charge >= 0.3 is 0 Å². The predicted octanol–water partition coefficient (Wildman–Crippen LogP) is 0.506. The molecule has 1 unspecified atom stereocenters. The number of piperazine rings is 1. The van der Waals surface area contributed by atoms with E-state index in [-0.39, 0.29) is 24.3 Å². The Hall–Kier alpha value is -3.16. The summed E-state index contributed by atoms with van der Waals surface area (Å²) in [7, 11) is 1.76. The summed E-state index contributed by atoms with van der Waals surface area (Å²) < 4.78 is 1.59. The van der Waals surface area contributed by atoms with Crippen molar-refractivity contribution in [2.45, 2.75) is 19.0 Å². The number of nitrogens with zero attached hydrogens (tertiary/aromatic N) is 5. The van der Waals surface area contributed by atoms with E-state index in [1.165, 1.54) is 0 Å². The number of aromatic nitrogens is 2. The number of aryl methyl sites for hydroxylation is 1. The van der Waals surface area contributed by atoms with Crippen molar-refractivity contribution in [3.05, 3.63) is 53.9 Å². The molecular formula is C20H23N5O3. The average molecular weight is 381 g/mol. The highest BCUT2D eigenvalue weighted by molar-refractivity contribution is 5.95. The Bertz CT molecular complexity index is 894. The third-order valence-electron chi connectivity index (χ3n) is 5.34. The zero-order valence-electron chi connectivity index (χ0n) is 15.8. The zero-order valence-corrected chi connectivity index (χ0v) is 15.8. The first-order valence-electron chi connectivity index (χ1n) is 9.44. The fraction of sp³-hybridized carbons (Fsp3) is 0.400. The molecule has 1 aromatic carbocycles. The molecule has 28 heavy (non-hydrogen) atoms. The summed E-state index contributed by atoms with van der Waals surface area (Å²) in [5.41, 5.74) is 1.38. The Morgan fingerprint density at radius 3 is 2.61 bits per heavy atom. The Balaban J connectivity index is 1.47. The summed E-state index contributed by atoms with van der Waals surface area (Å²) in [4.78, 5) is 43.3. The van der Waals surface area contributed by atoms with Gasteiger partial charge in [-0.15, -0.1) is 0 Å². The van der Waals surface area contributed by atoms with Crippen LogP contribution in [0.2, 0.25) is 0 Å². The molecule has 2 saturated heterocycles. The largest absolute Gasteiger partial charge is 0.335 e. The van der Waals surface area contributed by atoms with Gasteiger partial charge in [0.1, 0.15) is 18.3 Å². The molecular weight excluding hydrogens is 358 g/mol. The van der Waals surface area contributed by atoms with Gasteiger partial charge in [0.05, 0.1) is 0 Å². The smallest absolute Gasteiger partial charge is 0.274 e. The van der Waals surface area contributed by atoms with E-state index in [9.17, 15) is 14.4 Å². The first-order valence-corrected chi connectivity index (χ1v) is 9.44. The number of hydrogen-bond donors (Lipinski definition) is 0. The van der Waals surface area contributed by atoms with Crippen LogP contribution in [-0.2, 0) is 23.2 Å². The number of hydrogen-bond acceptors (Lipinski definition) is 4. The maximum atomic E-state index is 13.0. The van der Waals surface area contributed by atoms with E-state index in [0.29, 0.717) is 38.3 Å². The van der Waals surface area contributed by atoms with Crippen molar-refractivity contribution in [2.24, 2.45) is 7.05 Å². The standard InChI is InChI=1S/C20H23N5O3/c1-22-9-7-16(21-22)19(27)23-10-8-17-20(28)24(13-15-5-3-2-4-6-15)14-18(26)25(17)12-11-23/h2-7,9,17H,8,10-14H2,1H3. The Labute approximate surface area is 163 Å². The number of carbonyl (C=O) groups excluding carboxylic acids is 3. The summed E-state index contributed by atoms with van der Waals surface area (Å²) >= 11 is 0. The second kappa shape index (κ2) is 7.46. The summed E-state index contributed by atoms with van der Waals surface area (Å²) in [5, 5.41) is 4.17. The molecule has 2 aromatic rings. The molecule has 0 saturated carbocycles. The maximum Gasteiger partial charge on any atom is 0.274 e. The zero-order chi connectivity index (χ0) is 19.7. The highest BCUT2D eigenvalue weighted by Crippen LogP contribution is 2.21. The molecule has 0 N–H and O–H groups in total. The van der Waals surface area contributed by atoms with Gasteiger partial charge in [0.2, 0.25) is 11.8 Å². The molecule has 2 fully saturated rings. The van der Waals surface area contributed by atoms with Gasteiger partial charge in [-0.05, 0) is 18.1 Å². The molecule has 8 nitrogen and oxygen atoms in total. The normalized spacial score (nSPS) is 20.2. The van der Waals surface area contributed by atoms with Gasteiger partial charge in [-0.25, -0.2) is 0 Å². The first-order chi connectivity index (χ1) is 13.5. The van der Waals surface area contributed by atoms with Crippen LogP contribution in [0.25, 0.3) is 0 Å². The third kappa shape index (κ3) is 3.49. The highest BCUT2D eigenvalue weighted by Gasteiger charge is 2.41. The quantitative estimate of drug-likeness (QED) is 0.776. The fourth-order valence-electron chi connectivity index (χ4n) is 3.86. The minimum atomic E-state index is -0.508. The number of carbonyl (C=O) groups is 3. The topological polar surface area (TPSA) is 78.8 Å². The lowest BCUT2D eigenvalue weighted by molar-refractivity contribution is -0.156. The molecule has 4 rings (SSSR count). The van der Waals surface area contributed by atoms with Crippen LogP contribution in [0.4, 0.5) is 0 Å². The van der Waals surface area contributed by atoms with Gasteiger partial charge in [0.25, 0.3) is 5.91 Å². The predicted molar refractivity (Wildman–Crippen MR) is 101 cm³/mol. The van der Waals surface area contributed by atoms with Gasteiger partial charge in [-0.2, -0.15) is 5.10 Å². The van der Waals surface area contributed by atoms with Crippen molar-refractivity contribution in [1.82, 2.24) is 24.5 Å². The lowest BCUT2D eigenvalue weighted by atomic mass is 10.1. The van der Waals surface area contributed by atoms with Gasteiger partial charge in [-0.1, -0.05) is 30.3 Å². The van der Waals surface area contributed by atoms with E-state index < -0.39 is 6.04 Å². The fourth-order valence-corrected chi connectivity index (χ4v) is 3.86. The van der Waals surface area contributed by atoms with Crippen molar-refractivity contribution >= 4 is 17.7 Å². The number of rotatable bonds is 3. The molecule has 2 aliphatic rings. The second-order valence-corrected chi connectivity index (χ2v) is 7.24.